The Kier molecular flexibility index (Phi) is 5.46. The number of hydrogen-bond acceptors (Lipinski definition) is 5. The third-order valence-electron chi connectivity index (χ3n) is 5.45. The van der Waals surface area contributed by atoms with Crippen molar-refractivity contribution < 1.29 is 4.74 Å². The average Bonchev–Trinajstić information content (AvgIpc) is 2.96. The van der Waals surface area contributed by atoms with Crippen LogP contribution < -0.4 is 11.2 Å². The molecular weight excluding hydrogens is 320 g/mol. The maximum Gasteiger partial charge on any atom is 0.330 e. The molecule has 7 nitrogen and oxygen atoms in total. The van der Waals surface area contributed by atoms with Crippen LogP contribution >= 0.6 is 0 Å². The van der Waals surface area contributed by atoms with Gasteiger partial charge in [0.2, 0.25) is 0 Å². The standard InChI is InChI=1S/C18H30N4O3/c1-13-9-21(10-14(2)25-13)11-15-6-5-7-22(15)12-16-8-17(23)20(4)18(24)19(16)3/h8,13-15H,5-7,9-12H2,1-4H3. The van der Waals surface area contributed by atoms with Gasteiger partial charge in [-0.2, -0.15) is 0 Å². The zero-order chi connectivity index (χ0) is 18.1. The molecule has 0 aromatic carbocycles. The van der Waals surface area contributed by atoms with Crippen molar-refractivity contribution in [3.8, 4) is 0 Å². The summed E-state index contributed by atoms with van der Waals surface area (Å²) in [6, 6.07) is 2.06. The van der Waals surface area contributed by atoms with Gasteiger partial charge in [0.05, 0.1) is 12.2 Å². The van der Waals surface area contributed by atoms with E-state index in [1.54, 1.807) is 17.7 Å². The molecule has 0 N–H and O–H groups in total. The number of likely N-dealkylation sites (tertiary alicyclic amines) is 1. The summed E-state index contributed by atoms with van der Waals surface area (Å²) in [5.41, 5.74) is 0.308. The number of nitrogens with zero attached hydrogens (tertiary/aromatic N) is 4. The van der Waals surface area contributed by atoms with Crippen molar-refractivity contribution in [2.75, 3.05) is 26.2 Å². The molecule has 140 valence electrons. The molecule has 0 saturated carbocycles. The van der Waals surface area contributed by atoms with E-state index >= 15 is 0 Å². The van der Waals surface area contributed by atoms with Crippen LogP contribution in [0.1, 0.15) is 32.4 Å². The molecule has 3 unspecified atom stereocenters. The molecule has 1 aromatic heterocycles. The molecule has 0 amide bonds. The topological polar surface area (TPSA) is 59.7 Å². The van der Waals surface area contributed by atoms with E-state index in [1.165, 1.54) is 19.9 Å². The predicted molar refractivity (Wildman–Crippen MR) is 96.8 cm³/mol. The molecule has 2 fully saturated rings. The largest absolute Gasteiger partial charge is 0.373 e. The summed E-state index contributed by atoms with van der Waals surface area (Å²) < 4.78 is 8.57. The number of aromatic nitrogens is 2. The molecule has 0 aliphatic carbocycles. The van der Waals surface area contributed by atoms with Crippen LogP contribution in [-0.4, -0.2) is 63.4 Å². The minimum absolute atomic E-state index is 0.232. The summed E-state index contributed by atoms with van der Waals surface area (Å²) in [5.74, 6) is 0. The zero-order valence-corrected chi connectivity index (χ0v) is 15.8. The van der Waals surface area contributed by atoms with Crippen LogP contribution in [0.2, 0.25) is 0 Å². The third kappa shape index (κ3) is 4.04. The average molecular weight is 350 g/mol. The van der Waals surface area contributed by atoms with Crippen molar-refractivity contribution >= 4 is 0 Å². The molecular formula is C18H30N4O3. The Morgan fingerprint density at radius 2 is 1.80 bits per heavy atom. The van der Waals surface area contributed by atoms with E-state index in [-0.39, 0.29) is 23.5 Å². The normalized spacial score (nSPS) is 28.6. The second-order valence-electron chi connectivity index (χ2n) is 7.62. The highest BCUT2D eigenvalue weighted by molar-refractivity contribution is 5.03. The Morgan fingerprint density at radius 1 is 1.12 bits per heavy atom. The van der Waals surface area contributed by atoms with Gasteiger partial charge in [0.15, 0.2) is 0 Å². The number of rotatable bonds is 4. The Hall–Kier alpha value is -1.44. The fourth-order valence-electron chi connectivity index (χ4n) is 4.18. The first-order chi connectivity index (χ1) is 11.8. The first-order valence-corrected chi connectivity index (χ1v) is 9.23. The Morgan fingerprint density at radius 3 is 2.48 bits per heavy atom. The number of ether oxygens (including phenoxy) is 1. The molecule has 1 aromatic rings. The molecule has 3 heterocycles. The van der Waals surface area contributed by atoms with E-state index in [9.17, 15) is 9.59 Å². The summed E-state index contributed by atoms with van der Waals surface area (Å²) in [4.78, 5) is 29.0. The highest BCUT2D eigenvalue weighted by atomic mass is 16.5. The second kappa shape index (κ2) is 7.43. The number of morpholine rings is 1. The maximum atomic E-state index is 12.1. The lowest BCUT2D eigenvalue weighted by Gasteiger charge is -2.38. The second-order valence-corrected chi connectivity index (χ2v) is 7.62. The van der Waals surface area contributed by atoms with Crippen LogP contribution in [0.25, 0.3) is 0 Å². The SMILES string of the molecule is CC1CN(CC2CCCN2Cc2cc(=O)n(C)c(=O)n2C)CC(C)O1. The van der Waals surface area contributed by atoms with E-state index in [4.69, 9.17) is 4.74 Å². The van der Waals surface area contributed by atoms with Gasteiger partial charge in [-0.05, 0) is 33.2 Å². The van der Waals surface area contributed by atoms with Crippen LogP contribution in [0.15, 0.2) is 15.7 Å². The quantitative estimate of drug-likeness (QED) is 0.774. The summed E-state index contributed by atoms with van der Waals surface area (Å²) in [6.45, 7) is 8.90. The van der Waals surface area contributed by atoms with Gasteiger partial charge >= 0.3 is 5.69 Å². The summed E-state index contributed by atoms with van der Waals surface area (Å²) in [6.07, 6.45) is 2.88. The highest BCUT2D eigenvalue weighted by Gasteiger charge is 2.30. The highest BCUT2D eigenvalue weighted by Crippen LogP contribution is 2.22. The minimum atomic E-state index is -0.255. The number of hydrogen-bond donors (Lipinski definition) is 0. The van der Waals surface area contributed by atoms with Crippen molar-refractivity contribution in [1.82, 2.24) is 18.9 Å². The van der Waals surface area contributed by atoms with E-state index in [0.717, 1.165) is 36.4 Å². The smallest absolute Gasteiger partial charge is 0.330 e. The Balaban J connectivity index is 1.70. The van der Waals surface area contributed by atoms with Gasteiger partial charge in [0.25, 0.3) is 5.56 Å². The molecule has 3 atom stereocenters. The van der Waals surface area contributed by atoms with Crippen molar-refractivity contribution in [1.29, 1.82) is 0 Å². The molecule has 0 bridgehead atoms. The molecule has 2 aliphatic heterocycles. The van der Waals surface area contributed by atoms with Gasteiger partial charge in [-0.25, -0.2) is 4.79 Å². The third-order valence-corrected chi connectivity index (χ3v) is 5.45. The fraction of sp³-hybridized carbons (Fsp3) is 0.778. The van der Waals surface area contributed by atoms with Gasteiger partial charge < -0.3 is 4.74 Å². The maximum absolute atomic E-state index is 12.1. The van der Waals surface area contributed by atoms with Crippen molar-refractivity contribution in [3.63, 3.8) is 0 Å². The summed E-state index contributed by atoms with van der Waals surface area (Å²) in [7, 11) is 3.27. The molecule has 2 saturated heterocycles. The van der Waals surface area contributed by atoms with Gasteiger partial charge in [-0.15, -0.1) is 0 Å². The van der Waals surface area contributed by atoms with E-state index in [2.05, 4.69) is 23.6 Å². The monoisotopic (exact) mass is 350 g/mol. The zero-order valence-electron chi connectivity index (χ0n) is 15.8. The van der Waals surface area contributed by atoms with Crippen molar-refractivity contribution in [2.24, 2.45) is 14.1 Å². The van der Waals surface area contributed by atoms with E-state index in [0.29, 0.717) is 12.6 Å². The van der Waals surface area contributed by atoms with Gasteiger partial charge in [0, 0.05) is 58.1 Å². The van der Waals surface area contributed by atoms with Crippen molar-refractivity contribution in [3.05, 3.63) is 32.6 Å². The molecule has 7 heteroatoms. The summed E-state index contributed by atoms with van der Waals surface area (Å²) in [5, 5.41) is 0. The molecule has 0 radical (unpaired) electrons. The van der Waals surface area contributed by atoms with E-state index in [1.807, 2.05) is 0 Å². The lowest BCUT2D eigenvalue weighted by Crippen LogP contribution is -2.50. The van der Waals surface area contributed by atoms with Crippen LogP contribution in [0.5, 0.6) is 0 Å². The van der Waals surface area contributed by atoms with Crippen LogP contribution in [0.4, 0.5) is 0 Å². The van der Waals surface area contributed by atoms with Crippen LogP contribution in [-0.2, 0) is 25.4 Å². The van der Waals surface area contributed by atoms with Crippen LogP contribution in [0.3, 0.4) is 0 Å². The lowest BCUT2D eigenvalue weighted by atomic mass is 10.1. The lowest BCUT2D eigenvalue weighted by molar-refractivity contribution is -0.0724. The summed E-state index contributed by atoms with van der Waals surface area (Å²) >= 11 is 0. The molecule has 25 heavy (non-hydrogen) atoms. The fourth-order valence-corrected chi connectivity index (χ4v) is 4.18. The van der Waals surface area contributed by atoms with Gasteiger partial charge in [-0.1, -0.05) is 0 Å². The molecule has 2 aliphatic rings. The molecule has 3 rings (SSSR count). The Labute approximate surface area is 148 Å². The first kappa shape index (κ1) is 18.4. The minimum Gasteiger partial charge on any atom is -0.373 e. The van der Waals surface area contributed by atoms with Crippen molar-refractivity contribution in [2.45, 2.75) is 51.5 Å². The van der Waals surface area contributed by atoms with Crippen LogP contribution in [0, 0.1) is 0 Å². The predicted octanol–water partition coefficient (Wildman–Crippen LogP) is 0.158. The van der Waals surface area contributed by atoms with Gasteiger partial charge in [0.1, 0.15) is 0 Å². The molecule has 0 spiro atoms. The van der Waals surface area contributed by atoms with Gasteiger partial charge in [-0.3, -0.25) is 23.7 Å². The van der Waals surface area contributed by atoms with E-state index < -0.39 is 0 Å². The Bertz CT molecular complexity index is 716. The first-order valence-electron chi connectivity index (χ1n) is 9.23.